The molecule has 0 bridgehead atoms. The van der Waals surface area contributed by atoms with E-state index in [0.29, 0.717) is 19.8 Å². The molecule has 2 aromatic carbocycles. The van der Waals surface area contributed by atoms with Gasteiger partial charge in [-0.25, -0.2) is 0 Å². The van der Waals surface area contributed by atoms with Crippen LogP contribution in [0.4, 0.5) is 0 Å². The molecule has 4 nitrogen and oxygen atoms in total. The monoisotopic (exact) mass is 287 g/mol. The van der Waals surface area contributed by atoms with E-state index < -0.39 is 0 Å². The zero-order valence-electron chi connectivity index (χ0n) is 12.2. The minimum atomic E-state index is 0.484. The average Bonchev–Trinajstić information content (AvgIpc) is 2.53. The van der Waals surface area contributed by atoms with Crippen molar-refractivity contribution >= 4 is 0 Å². The summed E-state index contributed by atoms with van der Waals surface area (Å²) >= 11 is 0. The fourth-order valence-electron chi connectivity index (χ4n) is 1.93. The molecular formula is C17H21NO3. The van der Waals surface area contributed by atoms with Crippen LogP contribution in [0.5, 0.6) is 17.2 Å². The lowest BCUT2D eigenvalue weighted by atomic mass is 10.1. The Bertz CT molecular complexity index is 540. The van der Waals surface area contributed by atoms with Crippen LogP contribution in [-0.2, 0) is 6.42 Å². The van der Waals surface area contributed by atoms with Crippen molar-refractivity contribution in [2.45, 2.75) is 6.42 Å². The fraction of sp³-hybridized carbons (Fsp3) is 0.294. The highest BCUT2D eigenvalue weighted by Gasteiger charge is 1.98. The molecule has 112 valence electrons. The van der Waals surface area contributed by atoms with Gasteiger partial charge < -0.3 is 19.9 Å². The van der Waals surface area contributed by atoms with Crippen molar-refractivity contribution < 1.29 is 14.2 Å². The molecule has 0 amide bonds. The van der Waals surface area contributed by atoms with Gasteiger partial charge >= 0.3 is 0 Å². The molecule has 2 rings (SSSR count). The zero-order valence-corrected chi connectivity index (χ0v) is 12.2. The molecule has 0 aromatic heterocycles. The van der Waals surface area contributed by atoms with E-state index in [1.54, 1.807) is 7.11 Å². The highest BCUT2D eigenvalue weighted by molar-refractivity contribution is 5.32. The number of methoxy groups -OCH3 is 1. The standard InChI is InChI=1S/C17H21NO3/c1-19-16-3-2-4-17(13-16)21-12-11-20-15-7-5-14(6-8-15)9-10-18/h2-8,13H,9-12,18H2,1H3. The normalized spacial score (nSPS) is 10.2. The van der Waals surface area contributed by atoms with Crippen LogP contribution in [0.15, 0.2) is 48.5 Å². The first-order valence-corrected chi connectivity index (χ1v) is 7.00. The second-order valence-electron chi connectivity index (χ2n) is 4.56. The Morgan fingerprint density at radius 3 is 2.19 bits per heavy atom. The first-order valence-electron chi connectivity index (χ1n) is 7.00. The van der Waals surface area contributed by atoms with E-state index in [-0.39, 0.29) is 0 Å². The number of ether oxygens (including phenoxy) is 3. The Morgan fingerprint density at radius 1 is 0.857 bits per heavy atom. The largest absolute Gasteiger partial charge is 0.497 e. The van der Waals surface area contributed by atoms with Crippen LogP contribution in [0.2, 0.25) is 0 Å². The SMILES string of the molecule is COc1cccc(OCCOc2ccc(CCN)cc2)c1. The van der Waals surface area contributed by atoms with Gasteiger partial charge in [-0.3, -0.25) is 0 Å². The third-order valence-corrected chi connectivity index (χ3v) is 3.02. The number of hydrogen-bond donors (Lipinski definition) is 1. The van der Waals surface area contributed by atoms with Gasteiger partial charge in [0, 0.05) is 6.07 Å². The molecule has 2 N–H and O–H groups in total. The first-order chi connectivity index (χ1) is 10.3. The predicted octanol–water partition coefficient (Wildman–Crippen LogP) is 2.65. The van der Waals surface area contributed by atoms with Gasteiger partial charge in [0.2, 0.25) is 0 Å². The van der Waals surface area contributed by atoms with Crippen molar-refractivity contribution in [3.05, 3.63) is 54.1 Å². The van der Waals surface area contributed by atoms with E-state index in [9.17, 15) is 0 Å². The van der Waals surface area contributed by atoms with Crippen LogP contribution in [0.25, 0.3) is 0 Å². The molecule has 0 atom stereocenters. The summed E-state index contributed by atoms with van der Waals surface area (Å²) in [4.78, 5) is 0. The average molecular weight is 287 g/mol. The number of benzene rings is 2. The fourth-order valence-corrected chi connectivity index (χ4v) is 1.93. The van der Waals surface area contributed by atoms with Crippen LogP contribution >= 0.6 is 0 Å². The van der Waals surface area contributed by atoms with Crippen LogP contribution < -0.4 is 19.9 Å². The third-order valence-electron chi connectivity index (χ3n) is 3.02. The van der Waals surface area contributed by atoms with Crippen molar-refractivity contribution in [3.63, 3.8) is 0 Å². The van der Waals surface area contributed by atoms with Gasteiger partial charge in [-0.05, 0) is 42.8 Å². The van der Waals surface area contributed by atoms with E-state index >= 15 is 0 Å². The molecular weight excluding hydrogens is 266 g/mol. The predicted molar refractivity (Wildman–Crippen MR) is 83.2 cm³/mol. The second kappa shape index (κ2) is 8.17. The van der Waals surface area contributed by atoms with Crippen molar-refractivity contribution in [2.75, 3.05) is 26.9 Å². The van der Waals surface area contributed by atoms with Gasteiger partial charge in [0.05, 0.1) is 7.11 Å². The van der Waals surface area contributed by atoms with Gasteiger partial charge in [0.15, 0.2) is 0 Å². The van der Waals surface area contributed by atoms with E-state index in [1.165, 1.54) is 5.56 Å². The van der Waals surface area contributed by atoms with Gasteiger partial charge in [-0.2, -0.15) is 0 Å². The number of nitrogens with two attached hydrogens (primary N) is 1. The quantitative estimate of drug-likeness (QED) is 0.758. The summed E-state index contributed by atoms with van der Waals surface area (Å²) in [6.07, 6.45) is 0.888. The van der Waals surface area contributed by atoms with Gasteiger partial charge in [-0.1, -0.05) is 18.2 Å². The molecule has 0 fully saturated rings. The Hall–Kier alpha value is -2.20. The molecule has 2 aromatic rings. The van der Waals surface area contributed by atoms with Gasteiger partial charge in [-0.15, -0.1) is 0 Å². The lowest BCUT2D eigenvalue weighted by Crippen LogP contribution is -2.09. The minimum absolute atomic E-state index is 0.484. The molecule has 0 saturated carbocycles. The van der Waals surface area contributed by atoms with E-state index in [1.807, 2.05) is 48.5 Å². The molecule has 0 aliphatic rings. The summed E-state index contributed by atoms with van der Waals surface area (Å²) in [7, 11) is 1.64. The van der Waals surface area contributed by atoms with E-state index in [4.69, 9.17) is 19.9 Å². The lowest BCUT2D eigenvalue weighted by Gasteiger charge is -2.09. The Labute approximate surface area is 125 Å². The summed E-state index contributed by atoms with van der Waals surface area (Å²) in [5.74, 6) is 2.39. The van der Waals surface area contributed by atoms with Crippen molar-refractivity contribution in [3.8, 4) is 17.2 Å². The number of hydrogen-bond acceptors (Lipinski definition) is 4. The molecule has 0 aliphatic carbocycles. The van der Waals surface area contributed by atoms with Gasteiger partial charge in [0.25, 0.3) is 0 Å². The topological polar surface area (TPSA) is 53.7 Å². The third kappa shape index (κ3) is 5.00. The minimum Gasteiger partial charge on any atom is -0.497 e. The summed E-state index contributed by atoms with van der Waals surface area (Å²) in [6.45, 7) is 1.64. The maximum atomic E-state index is 5.63. The van der Waals surface area contributed by atoms with Crippen LogP contribution in [0.1, 0.15) is 5.56 Å². The molecule has 4 heteroatoms. The molecule has 0 unspecified atom stereocenters. The van der Waals surface area contributed by atoms with E-state index in [0.717, 1.165) is 23.7 Å². The van der Waals surface area contributed by atoms with E-state index in [2.05, 4.69) is 0 Å². The molecule has 21 heavy (non-hydrogen) atoms. The molecule has 0 radical (unpaired) electrons. The maximum absolute atomic E-state index is 5.63. The van der Waals surface area contributed by atoms with Gasteiger partial charge in [0.1, 0.15) is 30.5 Å². The summed E-state index contributed by atoms with van der Waals surface area (Å²) in [5, 5.41) is 0. The smallest absolute Gasteiger partial charge is 0.123 e. The summed E-state index contributed by atoms with van der Waals surface area (Å²) < 4.78 is 16.4. The molecule has 0 aliphatic heterocycles. The van der Waals surface area contributed by atoms with Crippen molar-refractivity contribution in [1.29, 1.82) is 0 Å². The Kier molecular flexibility index (Phi) is 5.91. The summed E-state index contributed by atoms with van der Waals surface area (Å²) in [5.41, 5.74) is 6.74. The number of rotatable bonds is 8. The maximum Gasteiger partial charge on any atom is 0.123 e. The first kappa shape index (κ1) is 15.2. The Balaban J connectivity index is 1.73. The highest BCUT2D eigenvalue weighted by Crippen LogP contribution is 2.18. The van der Waals surface area contributed by atoms with Crippen LogP contribution in [0, 0.1) is 0 Å². The highest BCUT2D eigenvalue weighted by atomic mass is 16.5. The van der Waals surface area contributed by atoms with Crippen molar-refractivity contribution in [2.24, 2.45) is 5.73 Å². The second-order valence-corrected chi connectivity index (χ2v) is 4.56. The zero-order chi connectivity index (χ0) is 14.9. The summed E-state index contributed by atoms with van der Waals surface area (Å²) in [6, 6.07) is 15.5. The van der Waals surface area contributed by atoms with Crippen LogP contribution in [-0.4, -0.2) is 26.9 Å². The molecule has 0 spiro atoms. The molecule has 0 heterocycles. The molecule has 0 saturated heterocycles. The van der Waals surface area contributed by atoms with Crippen molar-refractivity contribution in [1.82, 2.24) is 0 Å². The Morgan fingerprint density at radius 2 is 1.52 bits per heavy atom. The lowest BCUT2D eigenvalue weighted by molar-refractivity contribution is 0.216. The van der Waals surface area contributed by atoms with Crippen LogP contribution in [0.3, 0.4) is 0 Å².